The minimum atomic E-state index is -0.0613. The van der Waals surface area contributed by atoms with Crippen LogP contribution < -0.4 is 10.9 Å². The average molecular weight is 428 g/mol. The normalized spacial score (nSPS) is 14.6. The van der Waals surface area contributed by atoms with Crippen LogP contribution in [0.15, 0.2) is 40.3 Å². The Morgan fingerprint density at radius 1 is 1.28 bits per heavy atom. The number of carbonyl (C=O) groups is 1. The molecular formula is C22H25N3O2S2. The number of aromatic nitrogens is 2. The quantitative estimate of drug-likeness (QED) is 0.470. The summed E-state index contributed by atoms with van der Waals surface area (Å²) in [4.78, 5) is 32.5. The topological polar surface area (TPSA) is 64.0 Å². The molecule has 0 saturated carbocycles. The monoisotopic (exact) mass is 427 g/mol. The summed E-state index contributed by atoms with van der Waals surface area (Å²) in [5.74, 6) is 0.175. The molecule has 3 aromatic rings. The van der Waals surface area contributed by atoms with Crippen molar-refractivity contribution in [2.45, 2.75) is 57.3 Å². The van der Waals surface area contributed by atoms with Crippen LogP contribution in [0.4, 0.5) is 0 Å². The maximum atomic E-state index is 13.1. The van der Waals surface area contributed by atoms with Crippen LogP contribution in [0.1, 0.15) is 48.7 Å². The summed E-state index contributed by atoms with van der Waals surface area (Å²) < 4.78 is 1.71. The summed E-state index contributed by atoms with van der Waals surface area (Å²) in [5, 5.41) is 4.46. The van der Waals surface area contributed by atoms with E-state index in [0.717, 1.165) is 35.0 Å². The number of hydrogen-bond donors (Lipinski definition) is 1. The predicted molar refractivity (Wildman–Crippen MR) is 120 cm³/mol. The van der Waals surface area contributed by atoms with Crippen molar-refractivity contribution in [1.29, 1.82) is 0 Å². The molecule has 1 aliphatic rings. The molecule has 0 fully saturated rings. The van der Waals surface area contributed by atoms with Crippen molar-refractivity contribution in [3.8, 4) is 0 Å². The van der Waals surface area contributed by atoms with Crippen LogP contribution in [0.25, 0.3) is 10.2 Å². The number of carbonyl (C=O) groups excluding carboxylic acids is 1. The zero-order chi connectivity index (χ0) is 20.4. The summed E-state index contributed by atoms with van der Waals surface area (Å²) in [6.45, 7) is 4.48. The van der Waals surface area contributed by atoms with Crippen molar-refractivity contribution in [2.24, 2.45) is 0 Å². The van der Waals surface area contributed by atoms with Gasteiger partial charge in [-0.25, -0.2) is 4.98 Å². The molecule has 0 bridgehead atoms. The van der Waals surface area contributed by atoms with Gasteiger partial charge in [-0.15, -0.1) is 11.3 Å². The Labute approximate surface area is 178 Å². The third-order valence-electron chi connectivity index (χ3n) is 5.37. The van der Waals surface area contributed by atoms with E-state index in [-0.39, 0.29) is 23.3 Å². The molecule has 2 aromatic heterocycles. The zero-order valence-corrected chi connectivity index (χ0v) is 18.4. The molecule has 1 atom stereocenters. The SMILES string of the molecule is CCn1c(SCC(=O)N[C@@H](C)c2ccccc2)nc2sc3c(c2c1=O)CCCC3. The summed E-state index contributed by atoms with van der Waals surface area (Å²) in [6, 6.07) is 9.83. The molecule has 1 aliphatic carbocycles. The molecule has 5 nitrogen and oxygen atoms in total. The molecule has 0 unspecified atom stereocenters. The smallest absolute Gasteiger partial charge is 0.263 e. The molecule has 1 aromatic carbocycles. The first-order chi connectivity index (χ1) is 14.1. The van der Waals surface area contributed by atoms with Gasteiger partial charge in [0.15, 0.2) is 5.16 Å². The Morgan fingerprint density at radius 2 is 2.03 bits per heavy atom. The zero-order valence-electron chi connectivity index (χ0n) is 16.7. The van der Waals surface area contributed by atoms with Crippen molar-refractivity contribution in [3.63, 3.8) is 0 Å². The number of nitrogens with one attached hydrogen (secondary N) is 1. The number of aryl methyl sites for hydroxylation is 2. The molecule has 4 rings (SSSR count). The number of thioether (sulfide) groups is 1. The van der Waals surface area contributed by atoms with Gasteiger partial charge in [-0.3, -0.25) is 14.2 Å². The number of amides is 1. The van der Waals surface area contributed by atoms with Gasteiger partial charge in [-0.2, -0.15) is 0 Å². The molecule has 152 valence electrons. The highest BCUT2D eigenvalue weighted by atomic mass is 32.2. The van der Waals surface area contributed by atoms with Gasteiger partial charge in [-0.05, 0) is 50.7 Å². The van der Waals surface area contributed by atoms with E-state index in [0.29, 0.717) is 11.7 Å². The van der Waals surface area contributed by atoms with Gasteiger partial charge in [0, 0.05) is 11.4 Å². The number of fused-ring (bicyclic) bond motifs is 3. The lowest BCUT2D eigenvalue weighted by Gasteiger charge is -2.15. The Hall–Kier alpha value is -2.12. The Kier molecular flexibility index (Phi) is 6.06. The molecule has 0 saturated heterocycles. The summed E-state index contributed by atoms with van der Waals surface area (Å²) in [6.07, 6.45) is 4.34. The van der Waals surface area contributed by atoms with Crippen LogP contribution in [-0.2, 0) is 24.2 Å². The second-order valence-electron chi connectivity index (χ2n) is 7.32. The van der Waals surface area contributed by atoms with E-state index in [4.69, 9.17) is 4.98 Å². The summed E-state index contributed by atoms with van der Waals surface area (Å²) >= 11 is 2.99. The molecule has 7 heteroatoms. The molecule has 29 heavy (non-hydrogen) atoms. The largest absolute Gasteiger partial charge is 0.349 e. The standard InChI is InChI=1S/C22H25N3O2S2/c1-3-25-21(27)19-16-11-7-8-12-17(16)29-20(19)24-22(25)28-13-18(26)23-14(2)15-9-5-4-6-10-15/h4-6,9-10,14H,3,7-8,11-13H2,1-2H3,(H,23,26)/t14-/m0/s1. The fourth-order valence-electron chi connectivity index (χ4n) is 3.85. The highest BCUT2D eigenvalue weighted by Gasteiger charge is 2.22. The first kappa shape index (κ1) is 20.2. The Morgan fingerprint density at radius 3 is 2.79 bits per heavy atom. The van der Waals surface area contributed by atoms with E-state index in [2.05, 4.69) is 5.32 Å². The van der Waals surface area contributed by atoms with Gasteiger partial charge < -0.3 is 5.32 Å². The highest BCUT2D eigenvalue weighted by molar-refractivity contribution is 7.99. The van der Waals surface area contributed by atoms with Crippen molar-refractivity contribution in [2.75, 3.05) is 5.75 Å². The van der Waals surface area contributed by atoms with E-state index in [1.54, 1.807) is 15.9 Å². The Balaban J connectivity index is 1.53. The molecule has 2 heterocycles. The summed E-state index contributed by atoms with van der Waals surface area (Å²) in [5.41, 5.74) is 2.32. The van der Waals surface area contributed by atoms with Gasteiger partial charge in [0.05, 0.1) is 17.2 Å². The highest BCUT2D eigenvalue weighted by Crippen LogP contribution is 2.34. The average Bonchev–Trinajstić information content (AvgIpc) is 3.11. The van der Waals surface area contributed by atoms with Crippen LogP contribution in [0.3, 0.4) is 0 Å². The second kappa shape index (κ2) is 8.71. The Bertz CT molecular complexity index is 1090. The van der Waals surface area contributed by atoms with Gasteiger partial charge in [-0.1, -0.05) is 42.1 Å². The molecule has 0 radical (unpaired) electrons. The van der Waals surface area contributed by atoms with Crippen LogP contribution in [0.5, 0.6) is 0 Å². The van der Waals surface area contributed by atoms with Crippen LogP contribution in [-0.4, -0.2) is 21.2 Å². The van der Waals surface area contributed by atoms with Gasteiger partial charge >= 0.3 is 0 Å². The van der Waals surface area contributed by atoms with E-state index in [1.807, 2.05) is 44.2 Å². The second-order valence-corrected chi connectivity index (χ2v) is 9.35. The minimum absolute atomic E-state index is 0.0393. The fraction of sp³-hybridized carbons (Fsp3) is 0.409. The van der Waals surface area contributed by atoms with E-state index in [1.165, 1.54) is 28.6 Å². The van der Waals surface area contributed by atoms with Crippen LogP contribution in [0, 0.1) is 0 Å². The number of hydrogen-bond acceptors (Lipinski definition) is 5. The number of rotatable bonds is 6. The lowest BCUT2D eigenvalue weighted by molar-refractivity contribution is -0.119. The predicted octanol–water partition coefficient (Wildman–Crippen LogP) is 4.33. The van der Waals surface area contributed by atoms with E-state index >= 15 is 0 Å². The lowest BCUT2D eigenvalue weighted by Crippen LogP contribution is -2.29. The van der Waals surface area contributed by atoms with Gasteiger partial charge in [0.2, 0.25) is 5.91 Å². The van der Waals surface area contributed by atoms with Crippen molar-refractivity contribution in [3.05, 3.63) is 56.7 Å². The molecule has 0 spiro atoms. The summed E-state index contributed by atoms with van der Waals surface area (Å²) in [7, 11) is 0. The molecule has 1 N–H and O–H groups in total. The van der Waals surface area contributed by atoms with Crippen molar-refractivity contribution < 1.29 is 4.79 Å². The molecule has 1 amide bonds. The van der Waals surface area contributed by atoms with E-state index < -0.39 is 0 Å². The fourth-order valence-corrected chi connectivity index (χ4v) is 6.02. The number of thiophene rings is 1. The lowest BCUT2D eigenvalue weighted by atomic mass is 9.97. The minimum Gasteiger partial charge on any atom is -0.349 e. The first-order valence-electron chi connectivity index (χ1n) is 10.1. The third kappa shape index (κ3) is 4.12. The third-order valence-corrected chi connectivity index (χ3v) is 7.53. The van der Waals surface area contributed by atoms with Crippen LogP contribution in [0.2, 0.25) is 0 Å². The number of nitrogens with zero attached hydrogens (tertiary/aromatic N) is 2. The molecular weight excluding hydrogens is 402 g/mol. The van der Waals surface area contributed by atoms with E-state index in [9.17, 15) is 9.59 Å². The van der Waals surface area contributed by atoms with Crippen molar-refractivity contribution >= 4 is 39.2 Å². The molecule has 0 aliphatic heterocycles. The maximum absolute atomic E-state index is 13.1. The van der Waals surface area contributed by atoms with Gasteiger partial charge in [0.1, 0.15) is 4.83 Å². The van der Waals surface area contributed by atoms with Crippen LogP contribution >= 0.6 is 23.1 Å². The van der Waals surface area contributed by atoms with Crippen molar-refractivity contribution in [1.82, 2.24) is 14.9 Å². The first-order valence-corrected chi connectivity index (χ1v) is 11.9. The number of benzene rings is 1. The maximum Gasteiger partial charge on any atom is 0.263 e. The van der Waals surface area contributed by atoms with Gasteiger partial charge in [0.25, 0.3) is 5.56 Å².